The molecule has 1 saturated heterocycles. The van der Waals surface area contributed by atoms with Crippen LogP contribution in [0.5, 0.6) is 0 Å². The van der Waals surface area contributed by atoms with Crippen molar-refractivity contribution in [2.45, 2.75) is 43.9 Å². The van der Waals surface area contributed by atoms with Crippen LogP contribution in [0.15, 0.2) is 4.99 Å². The molecule has 2 N–H and O–H groups in total. The molecule has 20 heavy (non-hydrogen) atoms. The Kier molecular flexibility index (Phi) is 9.28. The molecule has 0 aromatic heterocycles. The minimum Gasteiger partial charge on any atom is -0.355 e. The molecular formula is C14H29IN4S. The second-order valence-corrected chi connectivity index (χ2v) is 6.78. The van der Waals surface area contributed by atoms with Crippen LogP contribution in [0.1, 0.15) is 32.6 Å². The van der Waals surface area contributed by atoms with Gasteiger partial charge in [0.2, 0.25) is 0 Å². The Bertz CT molecular complexity index is 291. The molecule has 0 spiro atoms. The van der Waals surface area contributed by atoms with Gasteiger partial charge >= 0.3 is 0 Å². The summed E-state index contributed by atoms with van der Waals surface area (Å²) in [5.41, 5.74) is 0. The van der Waals surface area contributed by atoms with Crippen LogP contribution in [0.3, 0.4) is 0 Å². The minimum atomic E-state index is 0. The number of hydrogen-bond donors (Lipinski definition) is 2. The third-order valence-electron chi connectivity index (χ3n) is 3.91. The van der Waals surface area contributed by atoms with Crippen molar-refractivity contribution in [2.75, 3.05) is 39.0 Å². The van der Waals surface area contributed by atoms with E-state index in [1.54, 1.807) is 0 Å². The Morgan fingerprint density at radius 3 is 2.65 bits per heavy atom. The van der Waals surface area contributed by atoms with E-state index in [1.165, 1.54) is 31.4 Å². The fourth-order valence-corrected chi connectivity index (χ4v) is 3.79. The molecule has 0 aromatic carbocycles. The first kappa shape index (κ1) is 18.4. The largest absolute Gasteiger partial charge is 0.355 e. The number of nitrogens with zero attached hydrogens (tertiary/aromatic N) is 2. The quantitative estimate of drug-likeness (QED) is 0.382. The summed E-state index contributed by atoms with van der Waals surface area (Å²) >= 11 is 2.09. The average Bonchev–Trinajstić information content (AvgIpc) is 3.14. The Balaban J connectivity index is 0.00000200. The molecule has 1 aliphatic heterocycles. The fourth-order valence-electron chi connectivity index (χ4n) is 2.59. The Morgan fingerprint density at radius 2 is 2.10 bits per heavy atom. The molecule has 1 heterocycles. The Hall–Kier alpha value is 0.310. The van der Waals surface area contributed by atoms with E-state index in [4.69, 9.17) is 0 Å². The van der Waals surface area contributed by atoms with E-state index in [-0.39, 0.29) is 24.0 Å². The molecule has 4 nitrogen and oxygen atoms in total. The first-order valence-corrected chi connectivity index (χ1v) is 8.68. The lowest BCUT2D eigenvalue weighted by Gasteiger charge is -2.21. The molecule has 2 rings (SSSR count). The zero-order valence-electron chi connectivity index (χ0n) is 12.7. The fraction of sp³-hybridized carbons (Fsp3) is 0.929. The van der Waals surface area contributed by atoms with Crippen LogP contribution in [0.4, 0.5) is 0 Å². The number of hydrogen-bond acceptors (Lipinski definition) is 3. The van der Waals surface area contributed by atoms with E-state index in [9.17, 15) is 0 Å². The molecule has 1 atom stereocenters. The molecular weight excluding hydrogens is 383 g/mol. The van der Waals surface area contributed by atoms with Gasteiger partial charge in [-0.2, -0.15) is 11.8 Å². The maximum Gasteiger partial charge on any atom is 0.191 e. The summed E-state index contributed by atoms with van der Waals surface area (Å²) in [7, 11) is 1.86. The monoisotopic (exact) mass is 412 g/mol. The summed E-state index contributed by atoms with van der Waals surface area (Å²) in [5, 5.41) is 7.65. The number of rotatable bonds is 7. The lowest BCUT2D eigenvalue weighted by Crippen LogP contribution is -2.43. The zero-order chi connectivity index (χ0) is 13.5. The molecule has 2 fully saturated rings. The van der Waals surface area contributed by atoms with E-state index in [0.29, 0.717) is 0 Å². The topological polar surface area (TPSA) is 39.7 Å². The highest BCUT2D eigenvalue weighted by atomic mass is 127. The summed E-state index contributed by atoms with van der Waals surface area (Å²) in [5.74, 6) is 2.28. The first-order chi connectivity index (χ1) is 9.33. The van der Waals surface area contributed by atoms with Gasteiger partial charge in [-0.05, 0) is 38.0 Å². The smallest absolute Gasteiger partial charge is 0.191 e. The predicted molar refractivity (Wildman–Crippen MR) is 101 cm³/mol. The number of guanidine groups is 1. The molecule has 0 radical (unpaired) electrons. The number of nitrogens with one attached hydrogen (secondary N) is 2. The molecule has 0 aromatic rings. The van der Waals surface area contributed by atoms with E-state index >= 15 is 0 Å². The summed E-state index contributed by atoms with van der Waals surface area (Å²) < 4.78 is 0. The summed E-state index contributed by atoms with van der Waals surface area (Å²) in [6.45, 7) is 6.58. The van der Waals surface area contributed by atoms with Crippen molar-refractivity contribution in [3.05, 3.63) is 0 Å². The molecule has 0 amide bonds. The maximum absolute atomic E-state index is 4.30. The van der Waals surface area contributed by atoms with Gasteiger partial charge in [0, 0.05) is 38.0 Å². The minimum absolute atomic E-state index is 0. The van der Waals surface area contributed by atoms with Crippen LogP contribution in [-0.2, 0) is 0 Å². The van der Waals surface area contributed by atoms with Crippen LogP contribution >= 0.6 is 35.7 Å². The van der Waals surface area contributed by atoms with Crippen LogP contribution < -0.4 is 10.6 Å². The second kappa shape index (κ2) is 10.1. The lowest BCUT2D eigenvalue weighted by atomic mass is 10.2. The van der Waals surface area contributed by atoms with Crippen molar-refractivity contribution in [1.82, 2.24) is 15.5 Å². The number of likely N-dealkylation sites (N-methyl/N-ethyl adjacent to an activating group) is 1. The van der Waals surface area contributed by atoms with E-state index < -0.39 is 0 Å². The van der Waals surface area contributed by atoms with Crippen molar-refractivity contribution < 1.29 is 0 Å². The summed E-state index contributed by atoms with van der Waals surface area (Å²) in [6.07, 6.45) is 5.50. The SMILES string of the molecule is CCN(CCNC(=NC)NCC1CCCS1)C1CC1.I. The molecule has 0 bridgehead atoms. The van der Waals surface area contributed by atoms with E-state index in [0.717, 1.165) is 43.4 Å². The Labute approximate surface area is 144 Å². The van der Waals surface area contributed by atoms with Gasteiger partial charge in [0.1, 0.15) is 0 Å². The molecule has 1 aliphatic carbocycles. The van der Waals surface area contributed by atoms with Gasteiger partial charge in [-0.3, -0.25) is 9.89 Å². The average molecular weight is 412 g/mol. The predicted octanol–water partition coefficient (Wildman–Crippen LogP) is 2.15. The van der Waals surface area contributed by atoms with Crippen LogP contribution in [-0.4, -0.2) is 61.1 Å². The highest BCUT2D eigenvalue weighted by Crippen LogP contribution is 2.26. The van der Waals surface area contributed by atoms with Crippen molar-refractivity contribution in [1.29, 1.82) is 0 Å². The lowest BCUT2D eigenvalue weighted by molar-refractivity contribution is 0.282. The molecule has 1 saturated carbocycles. The Morgan fingerprint density at radius 1 is 1.30 bits per heavy atom. The van der Waals surface area contributed by atoms with Gasteiger partial charge in [0.05, 0.1) is 0 Å². The molecule has 118 valence electrons. The van der Waals surface area contributed by atoms with Gasteiger partial charge in [-0.15, -0.1) is 24.0 Å². The van der Waals surface area contributed by atoms with Crippen molar-refractivity contribution in [3.63, 3.8) is 0 Å². The van der Waals surface area contributed by atoms with Gasteiger partial charge in [-0.25, -0.2) is 0 Å². The second-order valence-electron chi connectivity index (χ2n) is 5.37. The van der Waals surface area contributed by atoms with Gasteiger partial charge in [0.25, 0.3) is 0 Å². The van der Waals surface area contributed by atoms with E-state index in [2.05, 4.69) is 39.2 Å². The zero-order valence-corrected chi connectivity index (χ0v) is 15.9. The van der Waals surface area contributed by atoms with Gasteiger partial charge in [-0.1, -0.05) is 6.92 Å². The third-order valence-corrected chi connectivity index (χ3v) is 5.30. The highest BCUT2D eigenvalue weighted by molar-refractivity contribution is 14.0. The van der Waals surface area contributed by atoms with Gasteiger partial charge < -0.3 is 10.6 Å². The number of halogens is 1. The standard InChI is InChI=1S/C14H28N4S.HI/c1-3-18(12-6-7-12)9-8-16-14(15-2)17-11-13-5-4-10-19-13;/h12-13H,3-11H2,1-2H3,(H2,15,16,17);1H. The van der Waals surface area contributed by atoms with Crippen LogP contribution in [0.2, 0.25) is 0 Å². The number of aliphatic imine (C=N–C) groups is 1. The van der Waals surface area contributed by atoms with Gasteiger partial charge in [0.15, 0.2) is 5.96 Å². The molecule has 2 aliphatic rings. The first-order valence-electron chi connectivity index (χ1n) is 7.63. The number of thioether (sulfide) groups is 1. The van der Waals surface area contributed by atoms with Crippen LogP contribution in [0.25, 0.3) is 0 Å². The third kappa shape index (κ3) is 6.39. The summed E-state index contributed by atoms with van der Waals surface area (Å²) in [4.78, 5) is 6.86. The van der Waals surface area contributed by atoms with Crippen LogP contribution in [0, 0.1) is 0 Å². The van der Waals surface area contributed by atoms with Crippen molar-refractivity contribution in [2.24, 2.45) is 4.99 Å². The highest BCUT2D eigenvalue weighted by Gasteiger charge is 2.27. The van der Waals surface area contributed by atoms with Crippen molar-refractivity contribution >= 4 is 41.7 Å². The maximum atomic E-state index is 4.30. The normalized spacial score (nSPS) is 22.8. The van der Waals surface area contributed by atoms with Crippen molar-refractivity contribution in [3.8, 4) is 0 Å². The molecule has 6 heteroatoms. The summed E-state index contributed by atoms with van der Waals surface area (Å²) in [6, 6.07) is 0.858. The van der Waals surface area contributed by atoms with E-state index in [1.807, 2.05) is 7.05 Å². The molecule has 1 unspecified atom stereocenters.